The highest BCUT2D eigenvalue weighted by molar-refractivity contribution is 7.91. The average Bonchev–Trinajstić information content (AvgIpc) is 2.00. The molecule has 15 heavy (non-hydrogen) atoms. The first-order valence-corrected chi connectivity index (χ1v) is 7.00. The molecule has 0 spiro atoms. The Hall–Kier alpha value is -0.580. The van der Waals surface area contributed by atoms with Gasteiger partial charge in [-0.25, -0.2) is 8.42 Å². The normalized spacial score (nSPS) is 26.3. The number of hydrogen-bond acceptors (Lipinski definition) is 3. The van der Waals surface area contributed by atoms with Crippen LogP contribution >= 0.6 is 0 Å². The summed E-state index contributed by atoms with van der Waals surface area (Å²) in [7, 11) is -3.01. The second-order valence-corrected chi connectivity index (χ2v) is 7.16. The standard InChI is InChI=1S/C10H18O4S/c1-7(2)15(13,14)6-5-8-3-4-9(8)10(11)12/h7-9H,3-6H2,1-2H3,(H,11,12). The summed E-state index contributed by atoms with van der Waals surface area (Å²) >= 11 is 0. The van der Waals surface area contributed by atoms with Crippen LogP contribution in [0.5, 0.6) is 0 Å². The summed E-state index contributed by atoms with van der Waals surface area (Å²) in [5.41, 5.74) is 0. The van der Waals surface area contributed by atoms with Crippen molar-refractivity contribution in [1.29, 1.82) is 0 Å². The molecule has 1 rings (SSSR count). The predicted molar refractivity (Wildman–Crippen MR) is 57.4 cm³/mol. The van der Waals surface area contributed by atoms with Gasteiger partial charge in [0.05, 0.1) is 16.9 Å². The number of hydrogen-bond donors (Lipinski definition) is 1. The number of carboxylic acid groups (broad SMARTS) is 1. The molecule has 1 fully saturated rings. The summed E-state index contributed by atoms with van der Waals surface area (Å²) in [4.78, 5) is 10.7. The van der Waals surface area contributed by atoms with Gasteiger partial charge in [0.25, 0.3) is 0 Å². The first kappa shape index (κ1) is 12.5. The van der Waals surface area contributed by atoms with Crippen LogP contribution in [0.25, 0.3) is 0 Å². The summed E-state index contributed by atoms with van der Waals surface area (Å²) in [5.74, 6) is -0.907. The predicted octanol–water partition coefficient (Wildman–Crippen LogP) is 1.31. The number of rotatable bonds is 5. The first-order chi connectivity index (χ1) is 6.84. The number of carboxylic acids is 1. The van der Waals surface area contributed by atoms with E-state index in [0.29, 0.717) is 12.8 Å². The van der Waals surface area contributed by atoms with Crippen LogP contribution in [0.4, 0.5) is 0 Å². The van der Waals surface area contributed by atoms with Gasteiger partial charge in [-0.05, 0) is 39.0 Å². The molecule has 5 heteroatoms. The number of aliphatic carboxylic acids is 1. The van der Waals surface area contributed by atoms with Crippen molar-refractivity contribution >= 4 is 15.8 Å². The average molecular weight is 234 g/mol. The van der Waals surface area contributed by atoms with Gasteiger partial charge in [-0.2, -0.15) is 0 Å². The summed E-state index contributed by atoms with van der Waals surface area (Å²) in [6.07, 6.45) is 2.05. The maximum Gasteiger partial charge on any atom is 0.306 e. The minimum absolute atomic E-state index is 0.0658. The van der Waals surface area contributed by atoms with Crippen molar-refractivity contribution in [2.75, 3.05) is 5.75 Å². The smallest absolute Gasteiger partial charge is 0.306 e. The Morgan fingerprint density at radius 3 is 2.33 bits per heavy atom. The summed E-state index contributed by atoms with van der Waals surface area (Å²) in [6.45, 7) is 3.32. The van der Waals surface area contributed by atoms with Crippen LogP contribution in [0.3, 0.4) is 0 Å². The SMILES string of the molecule is CC(C)S(=O)(=O)CCC1CCC1C(=O)O. The van der Waals surface area contributed by atoms with Gasteiger partial charge in [0.1, 0.15) is 0 Å². The molecular weight excluding hydrogens is 216 g/mol. The lowest BCUT2D eigenvalue weighted by molar-refractivity contribution is -0.147. The van der Waals surface area contributed by atoms with E-state index in [-0.39, 0.29) is 22.8 Å². The van der Waals surface area contributed by atoms with E-state index in [2.05, 4.69) is 0 Å². The third-order valence-electron chi connectivity index (χ3n) is 3.23. The summed E-state index contributed by atoms with van der Waals surface area (Å²) in [6, 6.07) is 0. The topological polar surface area (TPSA) is 71.4 Å². The Labute approximate surface area is 90.6 Å². The zero-order chi connectivity index (χ0) is 11.6. The van der Waals surface area contributed by atoms with Crippen molar-refractivity contribution in [3.05, 3.63) is 0 Å². The molecule has 0 aromatic rings. The molecule has 0 aromatic carbocycles. The van der Waals surface area contributed by atoms with Gasteiger partial charge in [0.15, 0.2) is 9.84 Å². The van der Waals surface area contributed by atoms with E-state index in [0.717, 1.165) is 6.42 Å². The van der Waals surface area contributed by atoms with Gasteiger partial charge >= 0.3 is 5.97 Å². The van der Waals surface area contributed by atoms with E-state index in [9.17, 15) is 13.2 Å². The highest BCUT2D eigenvalue weighted by Crippen LogP contribution is 2.37. The van der Waals surface area contributed by atoms with Crippen molar-refractivity contribution < 1.29 is 18.3 Å². The highest BCUT2D eigenvalue weighted by Gasteiger charge is 2.36. The van der Waals surface area contributed by atoms with Gasteiger partial charge in [-0.1, -0.05) is 0 Å². The monoisotopic (exact) mass is 234 g/mol. The molecule has 0 heterocycles. The van der Waals surface area contributed by atoms with E-state index in [1.807, 2.05) is 0 Å². The maximum absolute atomic E-state index is 11.5. The van der Waals surface area contributed by atoms with Gasteiger partial charge in [0.2, 0.25) is 0 Å². The van der Waals surface area contributed by atoms with Crippen molar-refractivity contribution in [1.82, 2.24) is 0 Å². The number of sulfone groups is 1. The second kappa shape index (κ2) is 4.51. The molecular formula is C10H18O4S. The largest absolute Gasteiger partial charge is 0.481 e. The molecule has 0 amide bonds. The number of carbonyl (C=O) groups is 1. The lowest BCUT2D eigenvalue weighted by Crippen LogP contribution is -2.34. The molecule has 4 nitrogen and oxygen atoms in total. The van der Waals surface area contributed by atoms with Crippen molar-refractivity contribution in [3.63, 3.8) is 0 Å². The Morgan fingerprint density at radius 1 is 1.40 bits per heavy atom. The van der Waals surface area contributed by atoms with E-state index in [1.165, 1.54) is 0 Å². The first-order valence-electron chi connectivity index (χ1n) is 5.29. The van der Waals surface area contributed by atoms with E-state index in [4.69, 9.17) is 5.11 Å². The Kier molecular flexibility index (Phi) is 3.76. The molecule has 1 saturated carbocycles. The van der Waals surface area contributed by atoms with Gasteiger partial charge in [-0.3, -0.25) is 4.79 Å². The van der Waals surface area contributed by atoms with Crippen LogP contribution in [-0.2, 0) is 14.6 Å². The molecule has 2 atom stereocenters. The molecule has 1 aliphatic carbocycles. The molecule has 0 saturated heterocycles. The fourth-order valence-electron chi connectivity index (χ4n) is 1.79. The van der Waals surface area contributed by atoms with Crippen molar-refractivity contribution in [2.24, 2.45) is 11.8 Å². The van der Waals surface area contributed by atoms with Crippen LogP contribution < -0.4 is 0 Å². The second-order valence-electron chi connectivity index (χ2n) is 4.49. The Balaban J connectivity index is 2.42. The third kappa shape index (κ3) is 2.93. The molecule has 0 aromatic heterocycles. The molecule has 0 aliphatic heterocycles. The van der Waals surface area contributed by atoms with Crippen molar-refractivity contribution in [2.45, 2.75) is 38.4 Å². The lowest BCUT2D eigenvalue weighted by atomic mass is 9.72. The highest BCUT2D eigenvalue weighted by atomic mass is 32.2. The summed E-state index contributed by atoms with van der Waals surface area (Å²) in [5, 5.41) is 8.43. The van der Waals surface area contributed by atoms with E-state index < -0.39 is 15.8 Å². The lowest BCUT2D eigenvalue weighted by Gasteiger charge is -2.33. The summed E-state index contributed by atoms with van der Waals surface area (Å²) < 4.78 is 23.0. The van der Waals surface area contributed by atoms with E-state index in [1.54, 1.807) is 13.8 Å². The van der Waals surface area contributed by atoms with Crippen LogP contribution in [0.1, 0.15) is 33.1 Å². The Morgan fingerprint density at radius 2 is 2.00 bits per heavy atom. The molecule has 1 aliphatic rings. The molecule has 0 radical (unpaired) electrons. The van der Waals surface area contributed by atoms with Crippen LogP contribution in [0.2, 0.25) is 0 Å². The minimum Gasteiger partial charge on any atom is -0.481 e. The fraction of sp³-hybridized carbons (Fsp3) is 0.900. The maximum atomic E-state index is 11.5. The van der Waals surface area contributed by atoms with Crippen molar-refractivity contribution in [3.8, 4) is 0 Å². The fourth-order valence-corrected chi connectivity index (χ4v) is 2.89. The third-order valence-corrected chi connectivity index (χ3v) is 5.47. The van der Waals surface area contributed by atoms with Crippen LogP contribution in [-0.4, -0.2) is 30.5 Å². The Bertz CT molecular complexity index is 331. The van der Waals surface area contributed by atoms with Gasteiger partial charge in [0, 0.05) is 0 Å². The zero-order valence-corrected chi connectivity index (χ0v) is 9.96. The van der Waals surface area contributed by atoms with Crippen LogP contribution in [0.15, 0.2) is 0 Å². The molecule has 0 bridgehead atoms. The van der Waals surface area contributed by atoms with E-state index >= 15 is 0 Å². The van der Waals surface area contributed by atoms with Gasteiger partial charge in [-0.15, -0.1) is 0 Å². The molecule has 2 unspecified atom stereocenters. The minimum atomic E-state index is -3.01. The molecule has 1 N–H and O–H groups in total. The quantitative estimate of drug-likeness (QED) is 0.778. The molecule has 88 valence electrons. The van der Waals surface area contributed by atoms with Gasteiger partial charge < -0.3 is 5.11 Å². The zero-order valence-electron chi connectivity index (χ0n) is 9.14. The van der Waals surface area contributed by atoms with Crippen LogP contribution in [0, 0.1) is 11.8 Å².